The molecule has 3 rings (SSSR count). The second-order valence-corrected chi connectivity index (χ2v) is 6.90. The van der Waals surface area contributed by atoms with Crippen LogP contribution >= 0.6 is 23.2 Å². The predicted molar refractivity (Wildman–Crippen MR) is 100 cm³/mol. The number of amides is 2. The number of carbonyl (C=O) groups excluding carboxylic acids is 2. The highest BCUT2D eigenvalue weighted by atomic mass is 35.5. The third-order valence-electron chi connectivity index (χ3n) is 4.54. The normalized spacial score (nSPS) is 17.8. The molecule has 2 aromatic rings. The maximum Gasteiger partial charge on any atom is 0.254 e. The van der Waals surface area contributed by atoms with Gasteiger partial charge in [0.1, 0.15) is 6.04 Å². The number of carbonyl (C=O) groups is 2. The van der Waals surface area contributed by atoms with Gasteiger partial charge in [-0.05, 0) is 55.8 Å². The lowest BCUT2D eigenvalue weighted by Crippen LogP contribution is -2.57. The molecule has 1 atom stereocenters. The van der Waals surface area contributed by atoms with Crippen molar-refractivity contribution in [2.24, 2.45) is 0 Å². The lowest BCUT2D eigenvalue weighted by atomic mass is 10.1. The highest BCUT2D eigenvalue weighted by molar-refractivity contribution is 6.32. The Hall–Kier alpha value is -2.04. The van der Waals surface area contributed by atoms with Crippen LogP contribution in [0.5, 0.6) is 0 Å². The van der Waals surface area contributed by atoms with Crippen LogP contribution in [0, 0.1) is 6.92 Å². The lowest BCUT2D eigenvalue weighted by Gasteiger charge is -2.39. The Kier molecular flexibility index (Phi) is 5.02. The Morgan fingerprint density at radius 3 is 2.44 bits per heavy atom. The van der Waals surface area contributed by atoms with E-state index in [1.165, 1.54) is 0 Å². The minimum absolute atomic E-state index is 0.112. The standard InChI is InChI=1S/C19H18Cl2N2O2/c1-12-16(21)4-3-5-17(12)23-11-10-22(13(2)18(23)24)19(25)14-6-8-15(20)9-7-14/h3-9,13H,10-11H2,1-2H3. The summed E-state index contributed by atoms with van der Waals surface area (Å²) >= 11 is 12.0. The van der Waals surface area contributed by atoms with Gasteiger partial charge in [-0.3, -0.25) is 9.59 Å². The smallest absolute Gasteiger partial charge is 0.254 e. The molecule has 4 nitrogen and oxygen atoms in total. The minimum atomic E-state index is -0.546. The van der Waals surface area contributed by atoms with E-state index >= 15 is 0 Å². The molecular formula is C19H18Cl2N2O2. The average molecular weight is 377 g/mol. The summed E-state index contributed by atoms with van der Waals surface area (Å²) in [6, 6.07) is 11.7. The molecule has 6 heteroatoms. The van der Waals surface area contributed by atoms with Crippen molar-refractivity contribution in [3.8, 4) is 0 Å². The molecule has 1 aliphatic heterocycles. The quantitative estimate of drug-likeness (QED) is 0.788. The summed E-state index contributed by atoms with van der Waals surface area (Å²) in [5.74, 6) is -0.279. The van der Waals surface area contributed by atoms with Crippen molar-refractivity contribution in [1.29, 1.82) is 0 Å². The summed E-state index contributed by atoms with van der Waals surface area (Å²) in [5, 5.41) is 1.19. The Bertz CT molecular complexity index is 821. The zero-order valence-corrected chi connectivity index (χ0v) is 15.5. The topological polar surface area (TPSA) is 40.6 Å². The first-order valence-corrected chi connectivity index (χ1v) is 8.79. The molecule has 2 amide bonds. The molecule has 0 N–H and O–H groups in total. The second kappa shape index (κ2) is 7.06. The van der Waals surface area contributed by atoms with Crippen LogP contribution in [0.4, 0.5) is 5.69 Å². The molecule has 1 unspecified atom stereocenters. The monoisotopic (exact) mass is 376 g/mol. The van der Waals surface area contributed by atoms with Crippen molar-refractivity contribution in [2.45, 2.75) is 19.9 Å². The van der Waals surface area contributed by atoms with Crippen LogP contribution in [0.15, 0.2) is 42.5 Å². The van der Waals surface area contributed by atoms with Crippen molar-refractivity contribution < 1.29 is 9.59 Å². The molecule has 1 aliphatic rings. The fraction of sp³-hybridized carbons (Fsp3) is 0.263. The van der Waals surface area contributed by atoms with Crippen LogP contribution in [0.3, 0.4) is 0 Å². The summed E-state index contributed by atoms with van der Waals surface area (Å²) in [6.07, 6.45) is 0. The van der Waals surface area contributed by atoms with Gasteiger partial charge in [0, 0.05) is 34.4 Å². The van der Waals surface area contributed by atoms with Gasteiger partial charge in [-0.1, -0.05) is 29.3 Å². The molecule has 1 heterocycles. The molecule has 0 aromatic heterocycles. The number of piperazine rings is 1. The molecule has 0 saturated carbocycles. The molecular weight excluding hydrogens is 359 g/mol. The van der Waals surface area contributed by atoms with Crippen molar-refractivity contribution in [2.75, 3.05) is 18.0 Å². The molecule has 0 radical (unpaired) electrons. The van der Waals surface area contributed by atoms with Gasteiger partial charge in [-0.2, -0.15) is 0 Å². The fourth-order valence-electron chi connectivity index (χ4n) is 3.03. The first-order valence-electron chi connectivity index (χ1n) is 8.03. The van der Waals surface area contributed by atoms with Gasteiger partial charge in [0.25, 0.3) is 5.91 Å². The van der Waals surface area contributed by atoms with Crippen molar-refractivity contribution >= 4 is 40.7 Å². The molecule has 1 fully saturated rings. The lowest BCUT2D eigenvalue weighted by molar-refractivity contribution is -0.124. The summed E-state index contributed by atoms with van der Waals surface area (Å²) < 4.78 is 0. The van der Waals surface area contributed by atoms with E-state index in [0.29, 0.717) is 28.7 Å². The van der Waals surface area contributed by atoms with Gasteiger partial charge in [0.2, 0.25) is 5.91 Å². The average Bonchev–Trinajstić information content (AvgIpc) is 2.60. The van der Waals surface area contributed by atoms with Gasteiger partial charge in [0.15, 0.2) is 0 Å². The maximum atomic E-state index is 12.9. The van der Waals surface area contributed by atoms with E-state index in [2.05, 4.69) is 0 Å². The number of halogens is 2. The van der Waals surface area contributed by atoms with E-state index in [9.17, 15) is 9.59 Å². The van der Waals surface area contributed by atoms with Gasteiger partial charge >= 0.3 is 0 Å². The summed E-state index contributed by atoms with van der Waals surface area (Å²) in [6.45, 7) is 4.53. The third kappa shape index (κ3) is 3.37. The second-order valence-electron chi connectivity index (χ2n) is 6.06. The van der Waals surface area contributed by atoms with E-state index in [1.54, 1.807) is 47.1 Å². The van der Waals surface area contributed by atoms with Gasteiger partial charge in [-0.15, -0.1) is 0 Å². The number of benzene rings is 2. The van der Waals surface area contributed by atoms with Crippen LogP contribution in [-0.2, 0) is 4.79 Å². The van der Waals surface area contributed by atoms with Crippen LogP contribution in [-0.4, -0.2) is 35.8 Å². The number of nitrogens with zero attached hydrogens (tertiary/aromatic N) is 2. The highest BCUT2D eigenvalue weighted by Crippen LogP contribution is 2.29. The number of hydrogen-bond acceptors (Lipinski definition) is 2. The number of anilines is 1. The fourth-order valence-corrected chi connectivity index (χ4v) is 3.33. The number of hydrogen-bond donors (Lipinski definition) is 0. The van der Waals surface area contributed by atoms with E-state index in [-0.39, 0.29) is 11.8 Å². The summed E-state index contributed by atoms with van der Waals surface area (Å²) in [7, 11) is 0. The van der Waals surface area contributed by atoms with Gasteiger partial charge in [0.05, 0.1) is 0 Å². The molecule has 130 valence electrons. The summed E-state index contributed by atoms with van der Waals surface area (Å²) in [4.78, 5) is 28.9. The minimum Gasteiger partial charge on any atom is -0.325 e. The molecule has 1 saturated heterocycles. The Labute approximate surface area is 156 Å². The van der Waals surface area contributed by atoms with E-state index in [0.717, 1.165) is 11.3 Å². The van der Waals surface area contributed by atoms with Crippen LogP contribution in [0.1, 0.15) is 22.8 Å². The molecule has 2 aromatic carbocycles. The van der Waals surface area contributed by atoms with Crippen molar-refractivity contribution in [1.82, 2.24) is 4.90 Å². The zero-order chi connectivity index (χ0) is 18.1. The van der Waals surface area contributed by atoms with Crippen LogP contribution in [0.25, 0.3) is 0 Å². The predicted octanol–water partition coefficient (Wildman–Crippen LogP) is 4.18. The first kappa shape index (κ1) is 17.8. The first-order chi connectivity index (χ1) is 11.9. The summed E-state index contributed by atoms with van der Waals surface area (Å²) in [5.41, 5.74) is 2.18. The molecule has 25 heavy (non-hydrogen) atoms. The van der Waals surface area contributed by atoms with Gasteiger partial charge in [-0.25, -0.2) is 0 Å². The SMILES string of the molecule is Cc1c(Cl)cccc1N1CCN(C(=O)c2ccc(Cl)cc2)C(C)C1=O. The largest absolute Gasteiger partial charge is 0.325 e. The maximum absolute atomic E-state index is 12.9. The zero-order valence-electron chi connectivity index (χ0n) is 14.0. The van der Waals surface area contributed by atoms with Gasteiger partial charge < -0.3 is 9.80 Å². The van der Waals surface area contributed by atoms with E-state index in [1.807, 2.05) is 19.1 Å². The van der Waals surface area contributed by atoms with E-state index < -0.39 is 6.04 Å². The molecule has 0 aliphatic carbocycles. The molecule has 0 spiro atoms. The van der Waals surface area contributed by atoms with E-state index in [4.69, 9.17) is 23.2 Å². The van der Waals surface area contributed by atoms with Crippen molar-refractivity contribution in [3.63, 3.8) is 0 Å². The number of rotatable bonds is 2. The van der Waals surface area contributed by atoms with Crippen LogP contribution < -0.4 is 4.90 Å². The van der Waals surface area contributed by atoms with Crippen molar-refractivity contribution in [3.05, 3.63) is 63.6 Å². The molecule has 0 bridgehead atoms. The Balaban J connectivity index is 1.83. The van der Waals surface area contributed by atoms with Crippen LogP contribution in [0.2, 0.25) is 10.0 Å². The Morgan fingerprint density at radius 1 is 1.08 bits per heavy atom. The third-order valence-corrected chi connectivity index (χ3v) is 5.20. The Morgan fingerprint density at radius 2 is 1.76 bits per heavy atom. The highest BCUT2D eigenvalue weighted by Gasteiger charge is 2.35.